The number of hydrogen-bond acceptors (Lipinski definition) is 5. The number of pyridine rings is 1. The molecule has 94 valence electrons. The smallest absolute Gasteiger partial charge is 0.504 e. The molecule has 5 nitrogen and oxygen atoms in total. The molecule has 1 heterocycles. The molecule has 0 saturated carbocycles. The van der Waals surface area contributed by atoms with Crippen molar-refractivity contribution < 1.29 is 32.5 Å². The van der Waals surface area contributed by atoms with Crippen molar-refractivity contribution in [2.45, 2.75) is 6.36 Å². The molecule has 1 N–H and O–H groups in total. The minimum Gasteiger partial charge on any atom is -0.504 e. The molecule has 17 heavy (non-hydrogen) atoms. The van der Waals surface area contributed by atoms with Gasteiger partial charge in [-0.1, -0.05) is 0 Å². The molecular weight excluding hydrogens is 358 g/mol. The number of halogens is 4. The predicted molar refractivity (Wildman–Crippen MR) is 56.6 cm³/mol. The normalized spacial score (nSPS) is 11.1. The zero-order valence-corrected chi connectivity index (χ0v) is 10.4. The van der Waals surface area contributed by atoms with Crippen molar-refractivity contribution in [3.05, 3.63) is 15.5 Å². The van der Waals surface area contributed by atoms with Gasteiger partial charge in [-0.3, -0.25) is 0 Å². The lowest BCUT2D eigenvalue weighted by Crippen LogP contribution is -2.18. The second-order valence-corrected chi connectivity index (χ2v) is 3.75. The molecule has 1 aromatic heterocycles. The van der Waals surface area contributed by atoms with E-state index < -0.39 is 29.5 Å². The van der Waals surface area contributed by atoms with Gasteiger partial charge in [-0.25, -0.2) is 9.78 Å². The van der Waals surface area contributed by atoms with Crippen molar-refractivity contribution in [1.82, 2.24) is 4.98 Å². The Hall–Kier alpha value is -1.26. The van der Waals surface area contributed by atoms with Crippen molar-refractivity contribution >= 4 is 28.6 Å². The maximum Gasteiger partial charge on any atom is 0.573 e. The average Bonchev–Trinajstić information content (AvgIpc) is 2.22. The van der Waals surface area contributed by atoms with E-state index >= 15 is 0 Å². The van der Waals surface area contributed by atoms with Crippen LogP contribution in [0.25, 0.3) is 0 Å². The lowest BCUT2D eigenvalue weighted by atomic mass is 10.3. The van der Waals surface area contributed by atoms with Gasteiger partial charge in [-0.05, 0) is 22.6 Å². The third-order valence-corrected chi connectivity index (χ3v) is 2.61. The highest BCUT2D eigenvalue weighted by atomic mass is 127. The number of ether oxygens (including phenoxy) is 2. The highest BCUT2D eigenvalue weighted by Gasteiger charge is 2.33. The van der Waals surface area contributed by atoms with Crippen LogP contribution in [0.4, 0.5) is 13.2 Å². The quantitative estimate of drug-likeness (QED) is 0.644. The number of esters is 1. The fourth-order valence-electron chi connectivity index (χ4n) is 0.904. The SMILES string of the molecule is COC(=O)c1ncc(OC(F)(F)F)c(I)c1O. The highest BCUT2D eigenvalue weighted by molar-refractivity contribution is 14.1. The number of aromatic nitrogens is 1. The maximum absolute atomic E-state index is 12.0. The fourth-order valence-corrected chi connectivity index (χ4v) is 1.41. The van der Waals surface area contributed by atoms with Crippen LogP contribution in [0.2, 0.25) is 0 Å². The molecule has 0 unspecified atom stereocenters. The summed E-state index contributed by atoms with van der Waals surface area (Å²) in [6.07, 6.45) is -4.22. The van der Waals surface area contributed by atoms with Crippen molar-refractivity contribution in [2.24, 2.45) is 0 Å². The summed E-state index contributed by atoms with van der Waals surface area (Å²) in [5, 5.41) is 9.46. The Morgan fingerprint density at radius 1 is 1.53 bits per heavy atom. The Bertz CT molecular complexity index is 449. The van der Waals surface area contributed by atoms with E-state index in [1.165, 1.54) is 22.6 Å². The number of carbonyl (C=O) groups excluding carboxylic acids is 1. The summed E-state index contributed by atoms with van der Waals surface area (Å²) >= 11 is 1.40. The van der Waals surface area contributed by atoms with Crippen LogP contribution in [-0.2, 0) is 4.74 Å². The molecule has 0 aliphatic rings. The number of carbonyl (C=O) groups is 1. The minimum absolute atomic E-state index is 0.282. The molecular formula is C8H5F3INO4. The van der Waals surface area contributed by atoms with Crippen LogP contribution in [0.3, 0.4) is 0 Å². The monoisotopic (exact) mass is 363 g/mol. The lowest BCUT2D eigenvalue weighted by Gasteiger charge is -2.11. The predicted octanol–water partition coefficient (Wildman–Crippen LogP) is 2.08. The van der Waals surface area contributed by atoms with Crippen LogP contribution in [0, 0.1) is 3.57 Å². The highest BCUT2D eigenvalue weighted by Crippen LogP contribution is 2.34. The molecule has 0 radical (unpaired) electrons. The molecule has 0 bridgehead atoms. The van der Waals surface area contributed by atoms with E-state index in [2.05, 4.69) is 14.5 Å². The second-order valence-electron chi connectivity index (χ2n) is 2.67. The first-order valence-electron chi connectivity index (χ1n) is 3.97. The first-order valence-corrected chi connectivity index (χ1v) is 5.05. The molecule has 0 spiro atoms. The van der Waals surface area contributed by atoms with Crippen molar-refractivity contribution in [3.8, 4) is 11.5 Å². The number of rotatable bonds is 2. The van der Waals surface area contributed by atoms with Crippen LogP contribution < -0.4 is 4.74 Å². The standard InChI is InChI=1S/C8H5F3INO4/c1-16-7(15)5-6(14)4(12)3(2-13-5)17-8(9,10)11/h2,14H,1H3. The summed E-state index contributed by atoms with van der Waals surface area (Å²) in [5.74, 6) is -2.37. The van der Waals surface area contributed by atoms with Crippen molar-refractivity contribution in [2.75, 3.05) is 7.11 Å². The molecule has 0 atom stereocenters. The Balaban J connectivity index is 3.15. The first-order chi connectivity index (χ1) is 7.76. The van der Waals surface area contributed by atoms with Crippen molar-refractivity contribution in [1.29, 1.82) is 0 Å². The molecule has 0 aliphatic heterocycles. The van der Waals surface area contributed by atoms with Crippen LogP contribution >= 0.6 is 22.6 Å². The first kappa shape index (κ1) is 13.8. The number of hydrogen-bond donors (Lipinski definition) is 1. The van der Waals surface area contributed by atoms with E-state index in [-0.39, 0.29) is 3.57 Å². The third-order valence-electron chi connectivity index (χ3n) is 1.56. The third kappa shape index (κ3) is 3.35. The van der Waals surface area contributed by atoms with Gasteiger partial charge in [0, 0.05) is 0 Å². The average molecular weight is 363 g/mol. The van der Waals surface area contributed by atoms with Gasteiger partial charge in [-0.2, -0.15) is 0 Å². The molecule has 0 fully saturated rings. The Labute approximate surface area is 107 Å². The molecule has 0 amide bonds. The molecule has 9 heteroatoms. The number of aromatic hydroxyl groups is 1. The summed E-state index contributed by atoms with van der Waals surface area (Å²) in [4.78, 5) is 14.4. The van der Waals surface area contributed by atoms with Gasteiger partial charge in [0.2, 0.25) is 0 Å². The van der Waals surface area contributed by atoms with E-state index in [9.17, 15) is 23.1 Å². The largest absolute Gasteiger partial charge is 0.573 e. The summed E-state index contributed by atoms with van der Waals surface area (Å²) in [6, 6.07) is 0. The van der Waals surface area contributed by atoms with Crippen molar-refractivity contribution in [3.63, 3.8) is 0 Å². The molecule has 0 aliphatic carbocycles. The van der Waals surface area contributed by atoms with Crippen LogP contribution in [0.15, 0.2) is 6.20 Å². The number of nitrogens with zero attached hydrogens (tertiary/aromatic N) is 1. The topological polar surface area (TPSA) is 68.7 Å². The van der Waals surface area contributed by atoms with Gasteiger partial charge >= 0.3 is 12.3 Å². The van der Waals surface area contributed by atoms with Gasteiger partial charge < -0.3 is 14.6 Å². The molecule has 1 aromatic rings. The molecule has 0 saturated heterocycles. The van der Waals surface area contributed by atoms with Crippen LogP contribution in [-0.4, -0.2) is 29.5 Å². The Kier molecular flexibility index (Phi) is 4.01. The van der Waals surface area contributed by atoms with E-state index in [1.54, 1.807) is 0 Å². The lowest BCUT2D eigenvalue weighted by molar-refractivity contribution is -0.275. The summed E-state index contributed by atoms with van der Waals surface area (Å²) < 4.78 is 43.5. The van der Waals surface area contributed by atoms with Gasteiger partial charge in [-0.15, -0.1) is 13.2 Å². The molecule has 0 aromatic carbocycles. The van der Waals surface area contributed by atoms with Gasteiger partial charge in [0.1, 0.15) is 3.57 Å². The zero-order chi connectivity index (χ0) is 13.2. The fraction of sp³-hybridized carbons (Fsp3) is 0.250. The molecule has 1 rings (SSSR count). The van der Waals surface area contributed by atoms with E-state index in [4.69, 9.17) is 0 Å². The van der Waals surface area contributed by atoms with E-state index in [0.29, 0.717) is 6.20 Å². The summed E-state index contributed by atoms with van der Waals surface area (Å²) in [6.45, 7) is 0. The zero-order valence-electron chi connectivity index (χ0n) is 8.21. The van der Waals surface area contributed by atoms with Gasteiger partial charge in [0.15, 0.2) is 17.2 Å². The second kappa shape index (κ2) is 4.94. The number of alkyl halides is 3. The van der Waals surface area contributed by atoms with Gasteiger partial charge in [0.05, 0.1) is 13.3 Å². The minimum atomic E-state index is -4.90. The van der Waals surface area contributed by atoms with E-state index in [0.717, 1.165) is 7.11 Å². The Morgan fingerprint density at radius 2 is 2.12 bits per heavy atom. The summed E-state index contributed by atoms with van der Waals surface area (Å²) in [5.41, 5.74) is -0.480. The maximum atomic E-state index is 12.0. The Morgan fingerprint density at radius 3 is 2.59 bits per heavy atom. The van der Waals surface area contributed by atoms with Crippen LogP contribution in [0.1, 0.15) is 10.5 Å². The number of methoxy groups -OCH3 is 1. The van der Waals surface area contributed by atoms with E-state index in [1.807, 2.05) is 0 Å². The van der Waals surface area contributed by atoms with Gasteiger partial charge in [0.25, 0.3) is 0 Å². The summed E-state index contributed by atoms with van der Waals surface area (Å²) in [7, 11) is 1.05. The van der Waals surface area contributed by atoms with Crippen LogP contribution in [0.5, 0.6) is 11.5 Å².